The van der Waals surface area contributed by atoms with E-state index < -0.39 is 0 Å². The van der Waals surface area contributed by atoms with Crippen LogP contribution in [-0.4, -0.2) is 49.9 Å². The van der Waals surface area contributed by atoms with Crippen LogP contribution in [0.3, 0.4) is 0 Å². The summed E-state index contributed by atoms with van der Waals surface area (Å²) < 4.78 is 5.81. The monoisotopic (exact) mass is 464 g/mol. The number of carbonyl (C=O) groups is 1. The predicted octanol–water partition coefficient (Wildman–Crippen LogP) is 4.72. The summed E-state index contributed by atoms with van der Waals surface area (Å²) >= 11 is 6.06. The molecule has 2 aromatic heterocycles. The molecule has 0 aliphatic carbocycles. The van der Waals surface area contributed by atoms with E-state index >= 15 is 0 Å². The van der Waals surface area contributed by atoms with Gasteiger partial charge in [-0.25, -0.2) is 0 Å². The van der Waals surface area contributed by atoms with E-state index in [9.17, 15) is 4.79 Å². The number of piperidine rings is 1. The highest BCUT2D eigenvalue weighted by Crippen LogP contribution is 2.29. The van der Waals surface area contributed by atoms with Gasteiger partial charge < -0.3 is 14.6 Å². The first-order valence-electron chi connectivity index (χ1n) is 11.1. The van der Waals surface area contributed by atoms with Crippen molar-refractivity contribution in [1.29, 1.82) is 0 Å². The Morgan fingerprint density at radius 2 is 2.06 bits per heavy atom. The normalized spacial score (nSPS) is 18.6. The lowest BCUT2D eigenvalue weighted by atomic mass is 9.89. The molecule has 1 aliphatic rings. The van der Waals surface area contributed by atoms with E-state index in [2.05, 4.69) is 27.4 Å². The molecule has 1 N–H and O–H groups in total. The molecule has 2 aromatic carbocycles. The van der Waals surface area contributed by atoms with E-state index in [0.717, 1.165) is 23.9 Å². The Morgan fingerprint density at radius 3 is 2.88 bits per heavy atom. The van der Waals surface area contributed by atoms with Gasteiger partial charge in [0, 0.05) is 24.2 Å². The number of nitrogens with one attached hydrogen (secondary N) is 1. The molecule has 0 bridgehead atoms. The van der Waals surface area contributed by atoms with Gasteiger partial charge in [-0.3, -0.25) is 4.79 Å². The average molecular weight is 465 g/mol. The summed E-state index contributed by atoms with van der Waals surface area (Å²) in [7, 11) is 0. The third kappa shape index (κ3) is 4.18. The Morgan fingerprint density at radius 1 is 1.24 bits per heavy atom. The Labute approximate surface area is 196 Å². The number of carbonyl (C=O) groups excluding carboxylic acids is 1. The number of benzene rings is 2. The SMILES string of the molecule is Cc1cccc(-n2nccn2)c1C(=O)N1CCC[C@@H](C)[C@H]1CNc1nc2ccc(Cl)cc2o1. The van der Waals surface area contributed by atoms with Crippen LogP contribution in [0.1, 0.15) is 35.7 Å². The van der Waals surface area contributed by atoms with E-state index in [1.807, 2.05) is 36.1 Å². The number of amides is 1. The fourth-order valence-corrected chi connectivity index (χ4v) is 4.72. The molecule has 0 saturated carbocycles. The molecule has 9 heteroatoms. The standard InChI is InChI=1S/C24H25ClN6O2/c1-15-6-4-12-30(20(15)14-26-24-29-18-9-8-17(25)13-21(18)33-24)23(32)22-16(2)5-3-7-19(22)31-27-10-11-28-31/h3,5,7-11,13,15,20H,4,6,12,14H2,1-2H3,(H,26,29)/t15-,20-/m1/s1. The number of oxazole rings is 1. The van der Waals surface area contributed by atoms with Crippen LogP contribution in [0.5, 0.6) is 0 Å². The number of rotatable bonds is 5. The predicted molar refractivity (Wildman–Crippen MR) is 127 cm³/mol. The second kappa shape index (κ2) is 8.86. The summed E-state index contributed by atoms with van der Waals surface area (Å²) in [5.41, 5.74) is 3.58. The second-order valence-electron chi connectivity index (χ2n) is 8.48. The Balaban J connectivity index is 1.41. The van der Waals surface area contributed by atoms with E-state index in [1.54, 1.807) is 24.5 Å². The molecule has 0 unspecified atom stereocenters. The number of hydrogen-bond acceptors (Lipinski definition) is 6. The van der Waals surface area contributed by atoms with Crippen molar-refractivity contribution in [2.24, 2.45) is 5.92 Å². The van der Waals surface area contributed by atoms with Gasteiger partial charge >= 0.3 is 0 Å². The Kier molecular flexibility index (Phi) is 5.76. The molecule has 1 aliphatic heterocycles. The number of aromatic nitrogens is 4. The van der Waals surface area contributed by atoms with Crippen LogP contribution in [0, 0.1) is 12.8 Å². The fourth-order valence-electron chi connectivity index (χ4n) is 4.56. The number of likely N-dealkylation sites (tertiary alicyclic amines) is 1. The molecule has 1 amide bonds. The summed E-state index contributed by atoms with van der Waals surface area (Å²) in [5, 5.41) is 12.4. The maximum absolute atomic E-state index is 13.9. The van der Waals surface area contributed by atoms with Gasteiger partial charge in [-0.2, -0.15) is 20.0 Å². The van der Waals surface area contributed by atoms with E-state index in [0.29, 0.717) is 46.9 Å². The van der Waals surface area contributed by atoms with Gasteiger partial charge in [0.15, 0.2) is 5.58 Å². The molecule has 3 heterocycles. The fraction of sp³-hybridized carbons (Fsp3) is 0.333. The van der Waals surface area contributed by atoms with Crippen molar-refractivity contribution >= 4 is 34.6 Å². The molecule has 2 atom stereocenters. The van der Waals surface area contributed by atoms with Crippen molar-refractivity contribution in [3.05, 3.63) is 64.9 Å². The number of nitrogens with zero attached hydrogens (tertiary/aromatic N) is 5. The lowest BCUT2D eigenvalue weighted by molar-refractivity contribution is 0.0538. The van der Waals surface area contributed by atoms with E-state index in [-0.39, 0.29) is 11.9 Å². The van der Waals surface area contributed by atoms with Gasteiger partial charge in [0.2, 0.25) is 0 Å². The zero-order valence-corrected chi connectivity index (χ0v) is 19.3. The van der Waals surface area contributed by atoms with Crippen molar-refractivity contribution in [3.8, 4) is 5.69 Å². The lowest BCUT2D eigenvalue weighted by Gasteiger charge is -2.40. The van der Waals surface area contributed by atoms with Crippen LogP contribution in [0.15, 0.2) is 53.2 Å². The van der Waals surface area contributed by atoms with Crippen molar-refractivity contribution in [1.82, 2.24) is 24.9 Å². The van der Waals surface area contributed by atoms with Crippen LogP contribution in [0.2, 0.25) is 5.02 Å². The molecule has 0 radical (unpaired) electrons. The highest BCUT2D eigenvalue weighted by atomic mass is 35.5. The van der Waals surface area contributed by atoms with Crippen LogP contribution in [-0.2, 0) is 0 Å². The number of anilines is 1. The average Bonchev–Trinajstić information content (AvgIpc) is 3.47. The maximum Gasteiger partial charge on any atom is 0.295 e. The minimum atomic E-state index is -0.0112. The van der Waals surface area contributed by atoms with Crippen LogP contribution < -0.4 is 5.32 Å². The largest absolute Gasteiger partial charge is 0.424 e. The maximum atomic E-state index is 13.9. The number of halogens is 1. The second-order valence-corrected chi connectivity index (χ2v) is 8.92. The minimum Gasteiger partial charge on any atom is -0.424 e. The van der Waals surface area contributed by atoms with Crippen LogP contribution in [0.4, 0.5) is 6.01 Å². The molecule has 8 nitrogen and oxygen atoms in total. The molecular formula is C24H25ClN6O2. The van der Waals surface area contributed by atoms with E-state index in [1.165, 1.54) is 4.80 Å². The van der Waals surface area contributed by atoms with Gasteiger partial charge in [-0.15, -0.1) is 0 Å². The van der Waals surface area contributed by atoms with Crippen molar-refractivity contribution in [2.45, 2.75) is 32.7 Å². The molecule has 170 valence electrons. The van der Waals surface area contributed by atoms with Gasteiger partial charge in [0.05, 0.1) is 29.7 Å². The first-order valence-corrected chi connectivity index (χ1v) is 11.5. The third-order valence-electron chi connectivity index (χ3n) is 6.29. The molecule has 1 fully saturated rings. The molecule has 0 spiro atoms. The lowest BCUT2D eigenvalue weighted by Crippen LogP contribution is -2.51. The first kappa shape index (κ1) is 21.5. The zero-order valence-electron chi connectivity index (χ0n) is 18.5. The summed E-state index contributed by atoms with van der Waals surface area (Å²) in [5.74, 6) is 0.312. The topological polar surface area (TPSA) is 89.1 Å². The van der Waals surface area contributed by atoms with Crippen molar-refractivity contribution in [3.63, 3.8) is 0 Å². The quantitative estimate of drug-likeness (QED) is 0.459. The summed E-state index contributed by atoms with van der Waals surface area (Å²) in [6, 6.07) is 11.5. The molecular weight excluding hydrogens is 440 g/mol. The summed E-state index contributed by atoms with van der Waals surface area (Å²) in [6.45, 7) is 5.36. The van der Waals surface area contributed by atoms with Crippen molar-refractivity contribution in [2.75, 3.05) is 18.4 Å². The number of aryl methyl sites for hydroxylation is 1. The molecule has 5 rings (SSSR count). The van der Waals surface area contributed by atoms with Crippen LogP contribution in [0.25, 0.3) is 16.8 Å². The molecule has 33 heavy (non-hydrogen) atoms. The number of fused-ring (bicyclic) bond motifs is 1. The Hall–Kier alpha value is -3.39. The smallest absolute Gasteiger partial charge is 0.295 e. The summed E-state index contributed by atoms with van der Waals surface area (Å²) in [4.78, 5) is 21.8. The minimum absolute atomic E-state index is 0.0110. The first-order chi connectivity index (χ1) is 16.0. The third-order valence-corrected chi connectivity index (χ3v) is 6.52. The molecule has 4 aromatic rings. The van der Waals surface area contributed by atoms with Gasteiger partial charge in [-0.1, -0.05) is 30.7 Å². The van der Waals surface area contributed by atoms with E-state index in [4.69, 9.17) is 16.0 Å². The molecule has 1 saturated heterocycles. The van der Waals surface area contributed by atoms with Crippen LogP contribution >= 0.6 is 11.6 Å². The zero-order chi connectivity index (χ0) is 22.9. The van der Waals surface area contributed by atoms with Gasteiger partial charge in [-0.05, 0) is 49.4 Å². The Bertz CT molecular complexity index is 1290. The van der Waals surface area contributed by atoms with Gasteiger partial charge in [0.25, 0.3) is 11.9 Å². The summed E-state index contributed by atoms with van der Waals surface area (Å²) in [6.07, 6.45) is 5.24. The number of hydrogen-bond donors (Lipinski definition) is 1. The highest BCUT2D eigenvalue weighted by molar-refractivity contribution is 6.31. The van der Waals surface area contributed by atoms with Gasteiger partial charge in [0.1, 0.15) is 5.52 Å². The van der Waals surface area contributed by atoms with Crippen molar-refractivity contribution < 1.29 is 9.21 Å². The highest BCUT2D eigenvalue weighted by Gasteiger charge is 2.34.